The number of hydrogen-bond acceptors (Lipinski definition) is 3. The van der Waals surface area contributed by atoms with Crippen molar-refractivity contribution in [3.05, 3.63) is 70.5 Å². The summed E-state index contributed by atoms with van der Waals surface area (Å²) in [4.78, 5) is 2.25. The molecular formula is C19H22ClFN2O2S. The Morgan fingerprint density at radius 2 is 1.65 bits per heavy atom. The summed E-state index contributed by atoms with van der Waals surface area (Å²) in [6, 6.07) is 13.0. The second-order valence-electron chi connectivity index (χ2n) is 6.54. The van der Waals surface area contributed by atoms with Gasteiger partial charge in [-0.3, -0.25) is 4.90 Å². The number of sulfonamides is 1. The van der Waals surface area contributed by atoms with Gasteiger partial charge >= 0.3 is 0 Å². The Labute approximate surface area is 159 Å². The monoisotopic (exact) mass is 396 g/mol. The molecule has 0 aromatic heterocycles. The van der Waals surface area contributed by atoms with Crippen molar-refractivity contribution >= 4 is 21.6 Å². The van der Waals surface area contributed by atoms with Crippen LogP contribution in [-0.2, 0) is 15.8 Å². The minimum absolute atomic E-state index is 0.0969. The van der Waals surface area contributed by atoms with Gasteiger partial charge in [-0.1, -0.05) is 35.9 Å². The van der Waals surface area contributed by atoms with Gasteiger partial charge in [-0.25, -0.2) is 17.5 Å². The molecule has 7 heteroatoms. The predicted molar refractivity (Wildman–Crippen MR) is 102 cm³/mol. The Kier molecular flexibility index (Phi) is 6.29. The van der Waals surface area contributed by atoms with E-state index < -0.39 is 10.0 Å². The van der Waals surface area contributed by atoms with Gasteiger partial charge in [0.1, 0.15) is 5.82 Å². The highest BCUT2D eigenvalue weighted by Crippen LogP contribution is 2.25. The van der Waals surface area contributed by atoms with E-state index in [2.05, 4.69) is 9.62 Å². The molecule has 1 fully saturated rings. The van der Waals surface area contributed by atoms with Gasteiger partial charge in [0.15, 0.2) is 0 Å². The van der Waals surface area contributed by atoms with Crippen molar-refractivity contribution in [2.45, 2.75) is 24.6 Å². The molecule has 1 saturated heterocycles. The smallest absolute Gasteiger partial charge is 0.215 e. The summed E-state index contributed by atoms with van der Waals surface area (Å²) in [7, 11) is -3.48. The van der Waals surface area contributed by atoms with E-state index in [1.807, 2.05) is 0 Å². The lowest BCUT2D eigenvalue weighted by Gasteiger charge is -2.28. The SMILES string of the molecule is O=S(=O)(Cc1ccc(Cl)cc1)NCC(c1ccc(F)cc1)N1CCCC1. The van der Waals surface area contributed by atoms with Gasteiger partial charge in [0.05, 0.1) is 5.75 Å². The lowest BCUT2D eigenvalue weighted by Crippen LogP contribution is -2.37. The number of rotatable bonds is 7. The maximum absolute atomic E-state index is 13.2. The summed E-state index contributed by atoms with van der Waals surface area (Å²) in [6.45, 7) is 2.10. The van der Waals surface area contributed by atoms with Crippen LogP contribution < -0.4 is 4.72 Å². The van der Waals surface area contributed by atoms with Crippen LogP contribution in [-0.4, -0.2) is 33.0 Å². The first-order valence-corrected chi connectivity index (χ1v) is 10.7. The van der Waals surface area contributed by atoms with Gasteiger partial charge in [0.2, 0.25) is 10.0 Å². The molecule has 0 bridgehead atoms. The molecule has 1 aliphatic rings. The van der Waals surface area contributed by atoms with Crippen molar-refractivity contribution in [2.24, 2.45) is 0 Å². The van der Waals surface area contributed by atoms with E-state index in [-0.39, 0.29) is 24.2 Å². The standard InChI is InChI=1S/C19H22ClFN2O2S/c20-17-7-3-15(4-8-17)14-26(24,25)22-13-19(23-11-1-2-12-23)16-5-9-18(21)10-6-16/h3-10,19,22H,1-2,11-14H2. The Morgan fingerprint density at radius 3 is 2.27 bits per heavy atom. The highest BCUT2D eigenvalue weighted by molar-refractivity contribution is 7.88. The third-order valence-corrected chi connectivity index (χ3v) is 6.17. The molecule has 1 heterocycles. The molecule has 140 valence electrons. The highest BCUT2D eigenvalue weighted by Gasteiger charge is 2.25. The highest BCUT2D eigenvalue weighted by atomic mass is 35.5. The molecular weight excluding hydrogens is 375 g/mol. The Morgan fingerprint density at radius 1 is 1.04 bits per heavy atom. The topological polar surface area (TPSA) is 49.4 Å². The average molecular weight is 397 g/mol. The van der Waals surface area contributed by atoms with Crippen LogP contribution in [0.1, 0.15) is 30.0 Å². The van der Waals surface area contributed by atoms with Crippen molar-refractivity contribution in [1.82, 2.24) is 9.62 Å². The van der Waals surface area contributed by atoms with Crippen LogP contribution >= 0.6 is 11.6 Å². The minimum atomic E-state index is -3.48. The summed E-state index contributed by atoms with van der Waals surface area (Å²) in [5, 5.41) is 0.574. The normalized spacial score (nSPS) is 16.7. The molecule has 26 heavy (non-hydrogen) atoms. The summed E-state index contributed by atoms with van der Waals surface area (Å²) in [5.74, 6) is -0.391. The maximum atomic E-state index is 13.2. The van der Waals surface area contributed by atoms with Crippen LogP contribution in [0.5, 0.6) is 0 Å². The lowest BCUT2D eigenvalue weighted by atomic mass is 10.1. The zero-order chi connectivity index (χ0) is 18.6. The van der Waals surface area contributed by atoms with Crippen molar-refractivity contribution in [2.75, 3.05) is 19.6 Å². The summed E-state index contributed by atoms with van der Waals surface area (Å²) < 4.78 is 40.9. The molecule has 2 aromatic rings. The van der Waals surface area contributed by atoms with E-state index >= 15 is 0 Å². The minimum Gasteiger partial charge on any atom is -0.295 e. The molecule has 1 unspecified atom stereocenters. The molecule has 1 aliphatic heterocycles. The van der Waals surface area contributed by atoms with E-state index in [9.17, 15) is 12.8 Å². The van der Waals surface area contributed by atoms with Gasteiger partial charge < -0.3 is 0 Å². The second kappa shape index (κ2) is 8.48. The number of nitrogens with one attached hydrogen (secondary N) is 1. The third-order valence-electron chi connectivity index (χ3n) is 4.60. The molecule has 3 rings (SSSR count). The number of benzene rings is 2. The zero-order valence-electron chi connectivity index (χ0n) is 14.4. The molecule has 1 N–H and O–H groups in total. The van der Waals surface area contributed by atoms with Gasteiger partial charge in [-0.2, -0.15) is 0 Å². The zero-order valence-corrected chi connectivity index (χ0v) is 15.9. The molecule has 0 spiro atoms. The first-order valence-electron chi connectivity index (χ1n) is 8.64. The molecule has 0 saturated carbocycles. The molecule has 1 atom stereocenters. The molecule has 2 aromatic carbocycles. The van der Waals surface area contributed by atoms with Crippen LogP contribution in [0.15, 0.2) is 48.5 Å². The van der Waals surface area contributed by atoms with Crippen molar-refractivity contribution in [3.8, 4) is 0 Å². The van der Waals surface area contributed by atoms with E-state index in [0.29, 0.717) is 10.6 Å². The summed E-state index contributed by atoms with van der Waals surface area (Å²) in [5.41, 5.74) is 1.60. The first-order chi connectivity index (χ1) is 12.4. The molecule has 0 radical (unpaired) electrons. The van der Waals surface area contributed by atoms with Crippen LogP contribution in [0, 0.1) is 5.82 Å². The largest absolute Gasteiger partial charge is 0.295 e. The van der Waals surface area contributed by atoms with Gasteiger partial charge in [0, 0.05) is 17.6 Å². The number of hydrogen-bond donors (Lipinski definition) is 1. The lowest BCUT2D eigenvalue weighted by molar-refractivity contribution is 0.246. The third kappa shape index (κ3) is 5.27. The Hall–Kier alpha value is -1.47. The Bertz CT molecular complexity index is 820. The predicted octanol–water partition coefficient (Wildman–Crippen LogP) is 3.74. The summed E-state index contributed by atoms with van der Waals surface area (Å²) >= 11 is 5.84. The van der Waals surface area contributed by atoms with E-state index in [0.717, 1.165) is 31.5 Å². The van der Waals surface area contributed by atoms with Crippen LogP contribution in [0.3, 0.4) is 0 Å². The van der Waals surface area contributed by atoms with Crippen molar-refractivity contribution in [1.29, 1.82) is 0 Å². The van der Waals surface area contributed by atoms with E-state index in [1.165, 1.54) is 12.1 Å². The van der Waals surface area contributed by atoms with Crippen molar-refractivity contribution in [3.63, 3.8) is 0 Å². The quantitative estimate of drug-likeness (QED) is 0.775. The fraction of sp³-hybridized carbons (Fsp3) is 0.368. The average Bonchev–Trinajstić information content (AvgIpc) is 3.13. The van der Waals surface area contributed by atoms with Crippen LogP contribution in [0.4, 0.5) is 4.39 Å². The van der Waals surface area contributed by atoms with E-state index in [1.54, 1.807) is 36.4 Å². The number of likely N-dealkylation sites (tertiary alicyclic amines) is 1. The van der Waals surface area contributed by atoms with Crippen LogP contribution in [0.25, 0.3) is 0 Å². The van der Waals surface area contributed by atoms with Crippen LogP contribution in [0.2, 0.25) is 5.02 Å². The fourth-order valence-electron chi connectivity index (χ4n) is 3.25. The van der Waals surface area contributed by atoms with E-state index in [4.69, 9.17) is 11.6 Å². The summed E-state index contributed by atoms with van der Waals surface area (Å²) in [6.07, 6.45) is 2.18. The Balaban J connectivity index is 1.70. The molecule has 0 amide bonds. The van der Waals surface area contributed by atoms with Gasteiger partial charge in [0.25, 0.3) is 0 Å². The van der Waals surface area contributed by atoms with Gasteiger partial charge in [-0.05, 0) is 61.3 Å². The molecule has 4 nitrogen and oxygen atoms in total. The first kappa shape index (κ1) is 19.3. The second-order valence-corrected chi connectivity index (χ2v) is 8.79. The maximum Gasteiger partial charge on any atom is 0.215 e. The number of halogens is 2. The van der Waals surface area contributed by atoms with Gasteiger partial charge in [-0.15, -0.1) is 0 Å². The van der Waals surface area contributed by atoms with Crippen molar-refractivity contribution < 1.29 is 12.8 Å². The fourth-order valence-corrected chi connectivity index (χ4v) is 4.52. The molecule has 0 aliphatic carbocycles. The number of nitrogens with zero attached hydrogens (tertiary/aromatic N) is 1.